The topological polar surface area (TPSA) is 35.0 Å². The number of hydrogen-bond donors (Lipinski definition) is 0. The van der Waals surface area contributed by atoms with E-state index in [1.165, 1.54) is 4.88 Å². The van der Waals surface area contributed by atoms with Crippen molar-refractivity contribution in [3.05, 3.63) is 40.4 Å². The summed E-state index contributed by atoms with van der Waals surface area (Å²) in [6.45, 7) is 4.60. The predicted octanol–water partition coefficient (Wildman–Crippen LogP) is 4.72. The predicted molar refractivity (Wildman–Crippen MR) is 83.8 cm³/mol. The third-order valence-corrected chi connectivity index (χ3v) is 4.13. The fourth-order valence-corrected chi connectivity index (χ4v) is 3.22. The number of nitrogens with zero attached hydrogens (tertiary/aromatic N) is 2. The first-order valence-corrected chi connectivity index (χ1v) is 7.54. The van der Waals surface area contributed by atoms with Gasteiger partial charge in [0.25, 0.3) is 0 Å². The van der Waals surface area contributed by atoms with Gasteiger partial charge in [-0.2, -0.15) is 0 Å². The maximum Gasteiger partial charge on any atom is 0.166 e. The molecule has 0 atom stereocenters. The van der Waals surface area contributed by atoms with Gasteiger partial charge < -0.3 is 4.74 Å². The number of benzene rings is 1. The molecular formula is C15H13ClN2OS. The van der Waals surface area contributed by atoms with Gasteiger partial charge in [0, 0.05) is 10.3 Å². The molecule has 3 nitrogen and oxygen atoms in total. The van der Waals surface area contributed by atoms with Crippen LogP contribution in [0.25, 0.3) is 21.6 Å². The van der Waals surface area contributed by atoms with Gasteiger partial charge in [0.15, 0.2) is 5.82 Å². The van der Waals surface area contributed by atoms with Gasteiger partial charge in [-0.05, 0) is 32.0 Å². The van der Waals surface area contributed by atoms with Crippen molar-refractivity contribution in [1.29, 1.82) is 0 Å². The fraction of sp³-hybridized carbons (Fsp3) is 0.200. The third-order valence-electron chi connectivity index (χ3n) is 2.90. The van der Waals surface area contributed by atoms with Gasteiger partial charge in [-0.25, -0.2) is 9.97 Å². The summed E-state index contributed by atoms with van der Waals surface area (Å²) in [6, 6.07) is 9.76. The van der Waals surface area contributed by atoms with E-state index in [0.717, 1.165) is 21.5 Å². The van der Waals surface area contributed by atoms with Crippen LogP contribution in [0.15, 0.2) is 30.3 Å². The zero-order chi connectivity index (χ0) is 14.1. The summed E-state index contributed by atoms with van der Waals surface area (Å²) in [5.41, 5.74) is 0.865. The first-order chi connectivity index (χ1) is 9.69. The van der Waals surface area contributed by atoms with Crippen LogP contribution in [0.3, 0.4) is 0 Å². The third kappa shape index (κ3) is 2.37. The summed E-state index contributed by atoms with van der Waals surface area (Å²) in [4.78, 5) is 11.1. The Morgan fingerprint density at radius 1 is 1.25 bits per heavy atom. The molecule has 20 heavy (non-hydrogen) atoms. The molecule has 0 bridgehead atoms. The second-order valence-electron chi connectivity index (χ2n) is 4.34. The molecule has 0 fully saturated rings. The molecule has 0 N–H and O–H groups in total. The highest BCUT2D eigenvalue weighted by Gasteiger charge is 2.13. The van der Waals surface area contributed by atoms with E-state index in [1.807, 2.05) is 44.2 Å². The van der Waals surface area contributed by atoms with E-state index >= 15 is 0 Å². The van der Waals surface area contributed by atoms with Gasteiger partial charge in [0.05, 0.1) is 12.2 Å². The van der Waals surface area contributed by atoms with Crippen LogP contribution in [0.2, 0.25) is 5.15 Å². The molecule has 0 spiro atoms. The Morgan fingerprint density at radius 3 is 2.85 bits per heavy atom. The Hall–Kier alpha value is -1.65. The summed E-state index contributed by atoms with van der Waals surface area (Å²) in [7, 11) is 0. The van der Waals surface area contributed by atoms with Gasteiger partial charge in [0.2, 0.25) is 0 Å². The Balaban J connectivity index is 2.19. The Labute approximate surface area is 126 Å². The summed E-state index contributed by atoms with van der Waals surface area (Å²) in [5.74, 6) is 1.38. The molecule has 2 heterocycles. The second-order valence-corrected chi connectivity index (χ2v) is 5.94. The summed E-state index contributed by atoms with van der Waals surface area (Å²) < 4.78 is 5.63. The van der Waals surface area contributed by atoms with E-state index in [0.29, 0.717) is 17.6 Å². The van der Waals surface area contributed by atoms with Crippen LogP contribution in [0.5, 0.6) is 5.75 Å². The van der Waals surface area contributed by atoms with Crippen molar-refractivity contribution in [3.63, 3.8) is 0 Å². The Morgan fingerprint density at radius 2 is 2.05 bits per heavy atom. The molecule has 102 valence electrons. The number of hydrogen-bond acceptors (Lipinski definition) is 4. The van der Waals surface area contributed by atoms with Crippen LogP contribution in [0.1, 0.15) is 11.8 Å². The minimum atomic E-state index is 0.487. The molecule has 0 saturated heterocycles. The minimum absolute atomic E-state index is 0.487. The maximum absolute atomic E-state index is 6.27. The highest BCUT2D eigenvalue weighted by atomic mass is 35.5. The van der Waals surface area contributed by atoms with E-state index in [-0.39, 0.29) is 0 Å². The minimum Gasteiger partial charge on any atom is -0.493 e. The zero-order valence-corrected chi connectivity index (χ0v) is 12.8. The number of aryl methyl sites for hydroxylation is 1. The first-order valence-electron chi connectivity index (χ1n) is 6.35. The van der Waals surface area contributed by atoms with E-state index in [4.69, 9.17) is 16.3 Å². The van der Waals surface area contributed by atoms with Gasteiger partial charge in [-0.1, -0.05) is 23.7 Å². The van der Waals surface area contributed by atoms with Crippen LogP contribution in [0.4, 0.5) is 0 Å². The van der Waals surface area contributed by atoms with Gasteiger partial charge in [0.1, 0.15) is 15.7 Å². The van der Waals surface area contributed by atoms with Crippen LogP contribution in [0, 0.1) is 6.92 Å². The molecule has 5 heteroatoms. The van der Waals surface area contributed by atoms with E-state index < -0.39 is 0 Å². The average Bonchev–Trinajstić information content (AvgIpc) is 2.81. The molecule has 3 rings (SSSR count). The van der Waals surface area contributed by atoms with Crippen molar-refractivity contribution in [2.45, 2.75) is 13.8 Å². The molecule has 2 aromatic heterocycles. The fourth-order valence-electron chi connectivity index (χ4n) is 2.06. The van der Waals surface area contributed by atoms with Gasteiger partial charge in [-0.3, -0.25) is 0 Å². The van der Waals surface area contributed by atoms with Crippen LogP contribution in [-0.4, -0.2) is 16.6 Å². The van der Waals surface area contributed by atoms with Crippen molar-refractivity contribution in [2.24, 2.45) is 0 Å². The number of rotatable bonds is 3. The molecule has 0 amide bonds. The number of fused-ring (bicyclic) bond motifs is 1. The van der Waals surface area contributed by atoms with E-state index in [9.17, 15) is 0 Å². The van der Waals surface area contributed by atoms with E-state index in [1.54, 1.807) is 11.3 Å². The van der Waals surface area contributed by atoms with E-state index in [2.05, 4.69) is 9.97 Å². The van der Waals surface area contributed by atoms with Gasteiger partial charge >= 0.3 is 0 Å². The lowest BCUT2D eigenvalue weighted by molar-refractivity contribution is 0.341. The zero-order valence-electron chi connectivity index (χ0n) is 11.2. The number of aromatic nitrogens is 2. The lowest BCUT2D eigenvalue weighted by atomic mass is 10.2. The lowest BCUT2D eigenvalue weighted by Crippen LogP contribution is -1.96. The SMILES string of the molecule is CCOc1ccccc1-c1nc(Cl)c2cc(C)sc2n1. The summed E-state index contributed by atoms with van der Waals surface area (Å²) in [5, 5.41) is 1.40. The summed E-state index contributed by atoms with van der Waals surface area (Å²) >= 11 is 7.89. The number of ether oxygens (including phenoxy) is 1. The van der Waals surface area contributed by atoms with Crippen LogP contribution < -0.4 is 4.74 Å². The Kier molecular flexibility index (Phi) is 3.59. The smallest absolute Gasteiger partial charge is 0.166 e. The highest BCUT2D eigenvalue weighted by Crippen LogP contribution is 2.33. The standard InChI is InChI=1S/C15H13ClN2OS/c1-3-19-12-7-5-4-6-10(12)14-17-13(16)11-8-9(2)20-15(11)18-14/h4-8H,3H2,1-2H3. The lowest BCUT2D eigenvalue weighted by Gasteiger charge is -2.09. The van der Waals surface area contributed by atoms with Crippen molar-refractivity contribution in [1.82, 2.24) is 9.97 Å². The molecular weight excluding hydrogens is 292 g/mol. The van der Waals surface area contributed by atoms with Crippen molar-refractivity contribution >= 4 is 33.2 Å². The average molecular weight is 305 g/mol. The highest BCUT2D eigenvalue weighted by molar-refractivity contribution is 7.18. The quantitative estimate of drug-likeness (QED) is 0.657. The molecule has 0 aliphatic rings. The molecule has 0 aliphatic carbocycles. The molecule has 0 unspecified atom stereocenters. The molecule has 0 aliphatic heterocycles. The van der Waals surface area contributed by atoms with Gasteiger partial charge in [-0.15, -0.1) is 11.3 Å². The summed E-state index contributed by atoms with van der Waals surface area (Å²) in [6.07, 6.45) is 0. The number of halogens is 1. The molecule has 1 aromatic carbocycles. The first kappa shape index (κ1) is 13.3. The molecule has 0 radical (unpaired) electrons. The largest absolute Gasteiger partial charge is 0.493 e. The normalized spacial score (nSPS) is 10.9. The van der Waals surface area contributed by atoms with Crippen molar-refractivity contribution in [3.8, 4) is 17.1 Å². The van der Waals surface area contributed by atoms with Crippen LogP contribution >= 0.6 is 22.9 Å². The number of para-hydroxylation sites is 1. The molecule has 3 aromatic rings. The second kappa shape index (κ2) is 5.38. The van der Waals surface area contributed by atoms with Crippen molar-refractivity contribution < 1.29 is 4.74 Å². The Bertz CT molecular complexity index is 770. The monoisotopic (exact) mass is 304 g/mol. The number of thiophene rings is 1. The molecule has 0 saturated carbocycles. The van der Waals surface area contributed by atoms with Crippen LogP contribution in [-0.2, 0) is 0 Å². The van der Waals surface area contributed by atoms with Crippen molar-refractivity contribution in [2.75, 3.05) is 6.61 Å². The maximum atomic E-state index is 6.27.